The Hall–Kier alpha value is -0.0900. The summed E-state index contributed by atoms with van der Waals surface area (Å²) >= 11 is 1.82. The van der Waals surface area contributed by atoms with Crippen LogP contribution in [0.25, 0.3) is 0 Å². The Balaban J connectivity index is 1.88. The van der Waals surface area contributed by atoms with Crippen molar-refractivity contribution < 1.29 is 0 Å². The fourth-order valence-electron chi connectivity index (χ4n) is 4.28. The van der Waals surface area contributed by atoms with E-state index in [1.165, 1.54) is 38.5 Å². The SMILES string of the molecule is C#CSC12CC3CC(CC(C3)C1)C2. The first-order valence-electron chi connectivity index (χ1n) is 5.43. The van der Waals surface area contributed by atoms with Crippen LogP contribution in [0, 0.1) is 29.4 Å². The van der Waals surface area contributed by atoms with Crippen molar-refractivity contribution in [2.24, 2.45) is 17.8 Å². The zero-order valence-corrected chi connectivity index (χ0v) is 8.78. The molecular weight excluding hydrogens is 176 g/mol. The third kappa shape index (κ3) is 1.22. The standard InChI is InChI=1S/C12H16S/c1-2-13-12-6-9-3-10(7-12)5-11(4-9)8-12/h1,9-11H,3-8H2. The molecule has 13 heavy (non-hydrogen) atoms. The summed E-state index contributed by atoms with van der Waals surface area (Å²) in [4.78, 5) is 0. The maximum Gasteiger partial charge on any atom is 0.0291 e. The average molecular weight is 192 g/mol. The van der Waals surface area contributed by atoms with Crippen molar-refractivity contribution in [2.75, 3.05) is 0 Å². The van der Waals surface area contributed by atoms with Crippen molar-refractivity contribution >= 4 is 11.8 Å². The van der Waals surface area contributed by atoms with Crippen LogP contribution in [-0.4, -0.2) is 4.75 Å². The fraction of sp³-hybridized carbons (Fsp3) is 0.833. The molecule has 0 spiro atoms. The van der Waals surface area contributed by atoms with Crippen LogP contribution in [0.3, 0.4) is 0 Å². The molecule has 4 bridgehead atoms. The van der Waals surface area contributed by atoms with Gasteiger partial charge in [-0.3, -0.25) is 0 Å². The van der Waals surface area contributed by atoms with E-state index in [4.69, 9.17) is 6.42 Å². The predicted octanol–water partition coefficient (Wildman–Crippen LogP) is 3.28. The average Bonchev–Trinajstić information content (AvgIpc) is 2.00. The summed E-state index contributed by atoms with van der Waals surface area (Å²) in [6.45, 7) is 0. The van der Waals surface area contributed by atoms with Gasteiger partial charge in [-0.05, 0) is 61.5 Å². The van der Waals surface area contributed by atoms with Gasteiger partial charge in [0.25, 0.3) is 0 Å². The molecule has 0 N–H and O–H groups in total. The van der Waals surface area contributed by atoms with Gasteiger partial charge < -0.3 is 0 Å². The lowest BCUT2D eigenvalue weighted by Crippen LogP contribution is -2.48. The minimum atomic E-state index is 0.531. The lowest BCUT2D eigenvalue weighted by atomic mass is 9.56. The topological polar surface area (TPSA) is 0 Å². The first kappa shape index (κ1) is 8.24. The predicted molar refractivity (Wildman–Crippen MR) is 57.3 cm³/mol. The Labute approximate surface area is 84.9 Å². The molecule has 0 radical (unpaired) electrons. The first-order chi connectivity index (χ1) is 6.30. The minimum Gasteiger partial charge on any atom is -0.108 e. The van der Waals surface area contributed by atoms with Crippen molar-refractivity contribution in [1.82, 2.24) is 0 Å². The molecule has 0 aromatic heterocycles. The van der Waals surface area contributed by atoms with Gasteiger partial charge >= 0.3 is 0 Å². The molecule has 4 saturated carbocycles. The Morgan fingerprint density at radius 1 is 1.00 bits per heavy atom. The van der Waals surface area contributed by atoms with Gasteiger partial charge in [-0.1, -0.05) is 11.8 Å². The molecule has 0 aromatic rings. The second kappa shape index (κ2) is 2.70. The molecule has 4 aliphatic rings. The molecule has 4 aliphatic carbocycles. The molecule has 70 valence electrons. The van der Waals surface area contributed by atoms with Gasteiger partial charge in [0.1, 0.15) is 0 Å². The van der Waals surface area contributed by atoms with Gasteiger partial charge in [-0.25, -0.2) is 0 Å². The van der Waals surface area contributed by atoms with E-state index in [9.17, 15) is 0 Å². The van der Waals surface area contributed by atoms with Crippen molar-refractivity contribution in [2.45, 2.75) is 43.3 Å². The van der Waals surface area contributed by atoms with Crippen LogP contribution in [0.4, 0.5) is 0 Å². The third-order valence-electron chi connectivity index (χ3n) is 4.26. The first-order valence-corrected chi connectivity index (χ1v) is 6.25. The molecule has 0 nitrogen and oxygen atoms in total. The number of hydrogen-bond acceptors (Lipinski definition) is 1. The summed E-state index contributed by atoms with van der Waals surface area (Å²) in [5, 5.41) is 2.84. The molecule has 4 fully saturated rings. The molecule has 0 amide bonds. The highest BCUT2D eigenvalue weighted by Gasteiger charge is 2.51. The van der Waals surface area contributed by atoms with Crippen LogP contribution < -0.4 is 0 Å². The maximum atomic E-state index is 5.46. The van der Waals surface area contributed by atoms with E-state index in [1.807, 2.05) is 11.8 Å². The Morgan fingerprint density at radius 3 is 1.85 bits per heavy atom. The van der Waals surface area contributed by atoms with Crippen LogP contribution in [-0.2, 0) is 0 Å². The van der Waals surface area contributed by atoms with Crippen molar-refractivity contribution in [3.8, 4) is 11.7 Å². The van der Waals surface area contributed by atoms with E-state index < -0.39 is 0 Å². The Kier molecular flexibility index (Phi) is 1.71. The van der Waals surface area contributed by atoms with E-state index in [1.54, 1.807) is 0 Å². The van der Waals surface area contributed by atoms with Gasteiger partial charge in [-0.2, -0.15) is 0 Å². The van der Waals surface area contributed by atoms with E-state index in [-0.39, 0.29) is 0 Å². The number of hydrogen-bond donors (Lipinski definition) is 0. The van der Waals surface area contributed by atoms with E-state index in [0.29, 0.717) is 4.75 Å². The Bertz CT molecular complexity index is 226. The summed E-state index contributed by atoms with van der Waals surface area (Å²) in [7, 11) is 0. The second-order valence-corrected chi connectivity index (χ2v) is 6.63. The van der Waals surface area contributed by atoms with E-state index >= 15 is 0 Å². The number of rotatable bonds is 1. The molecule has 1 heteroatoms. The minimum absolute atomic E-state index is 0.531. The molecule has 0 aromatic carbocycles. The molecule has 0 saturated heterocycles. The van der Waals surface area contributed by atoms with Gasteiger partial charge in [0.05, 0.1) is 0 Å². The van der Waals surface area contributed by atoms with Gasteiger partial charge in [0.2, 0.25) is 0 Å². The second-order valence-electron chi connectivity index (χ2n) is 5.32. The number of terminal acetylenes is 1. The van der Waals surface area contributed by atoms with Crippen molar-refractivity contribution in [3.05, 3.63) is 0 Å². The van der Waals surface area contributed by atoms with Gasteiger partial charge in [-0.15, -0.1) is 6.42 Å². The summed E-state index contributed by atoms with van der Waals surface area (Å²) in [5.41, 5.74) is 0. The highest BCUT2D eigenvalue weighted by atomic mass is 32.2. The molecule has 0 aliphatic heterocycles. The summed E-state index contributed by atoms with van der Waals surface area (Å²) < 4.78 is 0.531. The van der Waals surface area contributed by atoms with Crippen LogP contribution >= 0.6 is 11.8 Å². The molecule has 0 heterocycles. The lowest BCUT2D eigenvalue weighted by molar-refractivity contribution is 0.0387. The quantitative estimate of drug-likeness (QED) is 0.575. The summed E-state index contributed by atoms with van der Waals surface area (Å²) in [5.74, 6) is 3.10. The zero-order valence-electron chi connectivity index (χ0n) is 7.96. The Morgan fingerprint density at radius 2 is 1.46 bits per heavy atom. The largest absolute Gasteiger partial charge is 0.108 e. The number of thioether (sulfide) groups is 1. The highest BCUT2D eigenvalue weighted by Crippen LogP contribution is 2.60. The fourth-order valence-corrected chi connectivity index (χ4v) is 5.49. The van der Waals surface area contributed by atoms with Crippen LogP contribution in [0.1, 0.15) is 38.5 Å². The highest BCUT2D eigenvalue weighted by molar-refractivity contribution is 8.05. The van der Waals surface area contributed by atoms with Gasteiger partial charge in [0, 0.05) is 4.75 Å². The molecule has 0 atom stereocenters. The summed E-state index contributed by atoms with van der Waals surface area (Å²) in [6, 6.07) is 0. The zero-order chi connectivity index (χ0) is 8.89. The van der Waals surface area contributed by atoms with E-state index in [2.05, 4.69) is 5.25 Å². The lowest BCUT2D eigenvalue weighted by Gasteiger charge is -2.55. The van der Waals surface area contributed by atoms with Crippen LogP contribution in [0.15, 0.2) is 0 Å². The smallest absolute Gasteiger partial charge is 0.0291 e. The molecule has 0 unspecified atom stereocenters. The van der Waals surface area contributed by atoms with Crippen molar-refractivity contribution in [3.63, 3.8) is 0 Å². The van der Waals surface area contributed by atoms with Crippen molar-refractivity contribution in [1.29, 1.82) is 0 Å². The van der Waals surface area contributed by atoms with Crippen LogP contribution in [0.2, 0.25) is 0 Å². The van der Waals surface area contributed by atoms with E-state index in [0.717, 1.165) is 17.8 Å². The van der Waals surface area contributed by atoms with Gasteiger partial charge in [0.15, 0.2) is 0 Å². The normalized spacial score (nSPS) is 52.1. The maximum absolute atomic E-state index is 5.46. The summed E-state index contributed by atoms with van der Waals surface area (Å²) in [6.07, 6.45) is 14.3. The monoisotopic (exact) mass is 192 g/mol. The molecular formula is C12H16S. The third-order valence-corrected chi connectivity index (χ3v) is 5.31. The van der Waals surface area contributed by atoms with Crippen LogP contribution in [0.5, 0.6) is 0 Å². The molecule has 4 rings (SSSR count).